The third-order valence-corrected chi connectivity index (χ3v) is 4.11. The van der Waals surface area contributed by atoms with Gasteiger partial charge in [-0.1, -0.05) is 0 Å². The number of aromatic nitrogens is 3. The third kappa shape index (κ3) is 3.15. The predicted octanol–water partition coefficient (Wildman–Crippen LogP) is 3.03. The second-order valence-electron chi connectivity index (χ2n) is 5.85. The molecule has 1 heterocycles. The SMILES string of the molecule is COc1cc(-c2nncn2-c2ccc(N(C)C)cc2)cc(OC)c1OC. The number of ether oxygens (including phenoxy) is 3. The monoisotopic (exact) mass is 354 g/mol. The highest BCUT2D eigenvalue weighted by Gasteiger charge is 2.17. The van der Waals surface area contributed by atoms with Gasteiger partial charge in [-0.3, -0.25) is 4.57 Å². The van der Waals surface area contributed by atoms with E-state index in [0.29, 0.717) is 23.1 Å². The number of hydrogen-bond acceptors (Lipinski definition) is 6. The van der Waals surface area contributed by atoms with E-state index < -0.39 is 0 Å². The largest absolute Gasteiger partial charge is 0.493 e. The lowest BCUT2D eigenvalue weighted by Crippen LogP contribution is -2.08. The summed E-state index contributed by atoms with van der Waals surface area (Å²) in [6.07, 6.45) is 1.68. The maximum absolute atomic E-state index is 5.44. The van der Waals surface area contributed by atoms with Gasteiger partial charge in [0.05, 0.1) is 21.3 Å². The standard InChI is InChI=1S/C19H22N4O3/c1-22(2)14-6-8-15(9-7-14)23-12-20-21-19(23)13-10-16(24-3)18(26-5)17(11-13)25-4/h6-12H,1-5H3. The van der Waals surface area contributed by atoms with E-state index >= 15 is 0 Å². The zero-order valence-corrected chi connectivity index (χ0v) is 15.6. The van der Waals surface area contributed by atoms with Gasteiger partial charge in [0.25, 0.3) is 0 Å². The topological polar surface area (TPSA) is 61.6 Å². The lowest BCUT2D eigenvalue weighted by atomic mass is 10.1. The van der Waals surface area contributed by atoms with E-state index in [1.165, 1.54) is 0 Å². The van der Waals surface area contributed by atoms with Gasteiger partial charge in [0.15, 0.2) is 17.3 Å². The van der Waals surface area contributed by atoms with Gasteiger partial charge in [0.2, 0.25) is 5.75 Å². The number of methoxy groups -OCH3 is 3. The van der Waals surface area contributed by atoms with Gasteiger partial charge in [-0.15, -0.1) is 10.2 Å². The molecular weight excluding hydrogens is 332 g/mol. The molecule has 26 heavy (non-hydrogen) atoms. The van der Waals surface area contributed by atoms with Crippen molar-refractivity contribution in [1.29, 1.82) is 0 Å². The molecule has 0 amide bonds. The van der Waals surface area contributed by atoms with Crippen molar-refractivity contribution in [1.82, 2.24) is 14.8 Å². The van der Waals surface area contributed by atoms with E-state index in [2.05, 4.69) is 15.1 Å². The number of anilines is 1. The molecule has 0 N–H and O–H groups in total. The fourth-order valence-electron chi connectivity index (χ4n) is 2.74. The van der Waals surface area contributed by atoms with Crippen molar-refractivity contribution in [2.45, 2.75) is 0 Å². The molecule has 7 nitrogen and oxygen atoms in total. The first-order valence-corrected chi connectivity index (χ1v) is 8.07. The lowest BCUT2D eigenvalue weighted by Gasteiger charge is -2.15. The van der Waals surface area contributed by atoms with Crippen LogP contribution in [-0.4, -0.2) is 50.2 Å². The summed E-state index contributed by atoms with van der Waals surface area (Å²) in [6.45, 7) is 0. The highest BCUT2D eigenvalue weighted by molar-refractivity contribution is 5.68. The molecular formula is C19H22N4O3. The van der Waals surface area contributed by atoms with Crippen LogP contribution in [0.25, 0.3) is 17.1 Å². The summed E-state index contributed by atoms with van der Waals surface area (Å²) in [5.74, 6) is 2.36. The van der Waals surface area contributed by atoms with Crippen LogP contribution in [0.15, 0.2) is 42.7 Å². The molecule has 0 bridgehead atoms. The highest BCUT2D eigenvalue weighted by Crippen LogP contribution is 2.41. The van der Waals surface area contributed by atoms with Gasteiger partial charge < -0.3 is 19.1 Å². The molecule has 1 aromatic heterocycles. The highest BCUT2D eigenvalue weighted by atomic mass is 16.5. The Morgan fingerprint density at radius 3 is 2.00 bits per heavy atom. The molecule has 3 aromatic rings. The summed E-state index contributed by atoms with van der Waals surface area (Å²) in [5.41, 5.74) is 2.90. The van der Waals surface area contributed by atoms with Gasteiger partial charge in [-0.05, 0) is 36.4 Å². The fourth-order valence-corrected chi connectivity index (χ4v) is 2.74. The summed E-state index contributed by atoms with van der Waals surface area (Å²) in [6, 6.07) is 11.9. The van der Waals surface area contributed by atoms with Crippen molar-refractivity contribution < 1.29 is 14.2 Å². The van der Waals surface area contributed by atoms with E-state index in [0.717, 1.165) is 16.9 Å². The molecule has 0 atom stereocenters. The third-order valence-electron chi connectivity index (χ3n) is 4.11. The van der Waals surface area contributed by atoms with Gasteiger partial charge >= 0.3 is 0 Å². The number of benzene rings is 2. The van der Waals surface area contributed by atoms with Crippen LogP contribution >= 0.6 is 0 Å². The summed E-state index contributed by atoms with van der Waals surface area (Å²) in [5, 5.41) is 8.35. The molecule has 0 spiro atoms. The summed E-state index contributed by atoms with van der Waals surface area (Å²) >= 11 is 0. The van der Waals surface area contributed by atoms with E-state index in [-0.39, 0.29) is 0 Å². The molecule has 0 radical (unpaired) electrons. The maximum atomic E-state index is 5.44. The van der Waals surface area contributed by atoms with Crippen LogP contribution < -0.4 is 19.1 Å². The minimum absolute atomic E-state index is 0.542. The van der Waals surface area contributed by atoms with Crippen LogP contribution in [0, 0.1) is 0 Å². The molecule has 0 aliphatic carbocycles. The minimum atomic E-state index is 0.542. The van der Waals surface area contributed by atoms with Gasteiger partial charge in [0, 0.05) is 31.0 Å². The quantitative estimate of drug-likeness (QED) is 0.678. The van der Waals surface area contributed by atoms with Gasteiger partial charge in [0.1, 0.15) is 6.33 Å². The first-order valence-electron chi connectivity index (χ1n) is 8.07. The minimum Gasteiger partial charge on any atom is -0.493 e. The summed E-state index contributed by atoms with van der Waals surface area (Å²) < 4.78 is 18.2. The predicted molar refractivity (Wildman–Crippen MR) is 101 cm³/mol. The zero-order chi connectivity index (χ0) is 18.7. The molecule has 0 aliphatic rings. The molecule has 0 saturated carbocycles. The molecule has 0 aliphatic heterocycles. The van der Waals surface area contributed by atoms with Crippen LogP contribution in [-0.2, 0) is 0 Å². The van der Waals surface area contributed by atoms with Crippen molar-refractivity contribution in [3.05, 3.63) is 42.7 Å². The first-order chi connectivity index (χ1) is 12.6. The Morgan fingerprint density at radius 2 is 1.50 bits per heavy atom. The molecule has 0 saturated heterocycles. The Morgan fingerprint density at radius 1 is 0.885 bits per heavy atom. The van der Waals surface area contributed by atoms with E-state index in [9.17, 15) is 0 Å². The Bertz CT molecular complexity index is 863. The van der Waals surface area contributed by atoms with Crippen molar-refractivity contribution >= 4 is 5.69 Å². The number of hydrogen-bond donors (Lipinski definition) is 0. The van der Waals surface area contributed by atoms with Gasteiger partial charge in [-0.25, -0.2) is 0 Å². The Labute approximate surface area is 152 Å². The average molecular weight is 354 g/mol. The van der Waals surface area contributed by atoms with Crippen molar-refractivity contribution in [3.63, 3.8) is 0 Å². The smallest absolute Gasteiger partial charge is 0.203 e. The van der Waals surface area contributed by atoms with E-state index in [4.69, 9.17) is 14.2 Å². The Hall–Kier alpha value is -3.22. The lowest BCUT2D eigenvalue weighted by molar-refractivity contribution is 0.324. The second-order valence-corrected chi connectivity index (χ2v) is 5.85. The van der Waals surface area contributed by atoms with Crippen molar-refractivity contribution in [2.24, 2.45) is 0 Å². The van der Waals surface area contributed by atoms with E-state index in [1.807, 2.05) is 55.1 Å². The van der Waals surface area contributed by atoms with Crippen molar-refractivity contribution in [2.75, 3.05) is 40.3 Å². The van der Waals surface area contributed by atoms with Gasteiger partial charge in [-0.2, -0.15) is 0 Å². The molecule has 3 rings (SSSR count). The van der Waals surface area contributed by atoms with Crippen LogP contribution in [0.4, 0.5) is 5.69 Å². The molecule has 136 valence electrons. The number of nitrogens with zero attached hydrogens (tertiary/aromatic N) is 4. The molecule has 2 aromatic carbocycles. The Kier molecular flexibility index (Phi) is 4.97. The van der Waals surface area contributed by atoms with Crippen molar-refractivity contribution in [3.8, 4) is 34.3 Å². The van der Waals surface area contributed by atoms with E-state index in [1.54, 1.807) is 27.7 Å². The summed E-state index contributed by atoms with van der Waals surface area (Å²) in [7, 11) is 8.77. The van der Waals surface area contributed by atoms with Crippen LogP contribution in [0.3, 0.4) is 0 Å². The van der Waals surface area contributed by atoms with Crippen LogP contribution in [0.5, 0.6) is 17.2 Å². The second kappa shape index (κ2) is 7.35. The normalized spacial score (nSPS) is 10.5. The average Bonchev–Trinajstić information content (AvgIpc) is 3.16. The molecule has 7 heteroatoms. The van der Waals surface area contributed by atoms with Crippen LogP contribution in [0.2, 0.25) is 0 Å². The Balaban J connectivity index is 2.08. The number of rotatable bonds is 6. The zero-order valence-electron chi connectivity index (χ0n) is 15.6. The maximum Gasteiger partial charge on any atom is 0.203 e. The van der Waals surface area contributed by atoms with Crippen LogP contribution in [0.1, 0.15) is 0 Å². The molecule has 0 fully saturated rings. The fraction of sp³-hybridized carbons (Fsp3) is 0.263. The first kappa shape index (κ1) is 17.6. The molecule has 0 unspecified atom stereocenters. The summed E-state index contributed by atoms with van der Waals surface area (Å²) in [4.78, 5) is 2.05.